The second-order valence-corrected chi connectivity index (χ2v) is 13.7. The molecule has 0 fully saturated rings. The van der Waals surface area contributed by atoms with Gasteiger partial charge in [0, 0.05) is 19.6 Å². The number of quaternary nitrogens is 1. The molecular weight excluding hydrogens is 545 g/mol. The molecule has 41 heavy (non-hydrogen) atoms. The third-order valence-corrected chi connectivity index (χ3v) is 7.98. The van der Waals surface area contributed by atoms with Gasteiger partial charge in [-0.1, -0.05) is 103 Å². The quantitative estimate of drug-likeness (QED) is 0.0487. The van der Waals surface area contributed by atoms with Gasteiger partial charge in [0.1, 0.15) is 19.3 Å². The van der Waals surface area contributed by atoms with Gasteiger partial charge in [-0.25, -0.2) is 0 Å². The van der Waals surface area contributed by atoms with Crippen LogP contribution in [0.1, 0.15) is 129 Å². The van der Waals surface area contributed by atoms with E-state index in [2.05, 4.69) is 6.92 Å². The summed E-state index contributed by atoms with van der Waals surface area (Å²) in [5, 5.41) is 8.78. The molecule has 0 aromatic rings. The van der Waals surface area contributed by atoms with Crippen molar-refractivity contribution in [2.75, 3.05) is 60.7 Å². The zero-order valence-corrected chi connectivity index (χ0v) is 27.8. The standard InChI is InChI=1S/C31H64NO8P/c1-5-6-7-8-9-10-11-12-13-14-15-16-17-18-19-21-25-37-28-30(38-26-22-20-23-31(33)34)29-40-41(35,36)39-27-24-32(2,3)4/h30H,5-29H2,1-4H3,(H-,33,34,35,36)/t30-/m1/s1. The number of carboxylic acids is 1. The highest BCUT2D eigenvalue weighted by atomic mass is 31.2. The van der Waals surface area contributed by atoms with Crippen LogP contribution >= 0.6 is 7.82 Å². The van der Waals surface area contributed by atoms with E-state index in [9.17, 15) is 14.3 Å². The smallest absolute Gasteiger partial charge is 0.303 e. The van der Waals surface area contributed by atoms with Crippen molar-refractivity contribution in [3.63, 3.8) is 0 Å². The monoisotopic (exact) mass is 609 g/mol. The Morgan fingerprint density at radius 3 is 1.68 bits per heavy atom. The van der Waals surface area contributed by atoms with Crippen molar-refractivity contribution in [1.82, 2.24) is 0 Å². The van der Waals surface area contributed by atoms with Gasteiger partial charge in [0.2, 0.25) is 0 Å². The normalized spacial score (nSPS) is 14.3. The summed E-state index contributed by atoms with van der Waals surface area (Å²) in [6.45, 7) is 3.77. The topological polar surface area (TPSA) is 114 Å². The Bertz CT molecular complexity index is 644. The number of phosphoric ester groups is 1. The minimum Gasteiger partial charge on any atom is -0.756 e. The van der Waals surface area contributed by atoms with E-state index < -0.39 is 19.9 Å². The minimum atomic E-state index is -4.44. The van der Waals surface area contributed by atoms with Gasteiger partial charge in [0.05, 0.1) is 34.4 Å². The lowest BCUT2D eigenvalue weighted by molar-refractivity contribution is -0.870. The van der Waals surface area contributed by atoms with Crippen molar-refractivity contribution < 1.29 is 42.4 Å². The van der Waals surface area contributed by atoms with Crippen molar-refractivity contribution in [1.29, 1.82) is 0 Å². The zero-order valence-electron chi connectivity index (χ0n) is 27.0. The summed E-state index contributed by atoms with van der Waals surface area (Å²) < 4.78 is 34.3. The number of carbonyl (C=O) groups is 1. The van der Waals surface area contributed by atoms with Gasteiger partial charge in [0.15, 0.2) is 0 Å². The van der Waals surface area contributed by atoms with E-state index >= 15 is 0 Å². The van der Waals surface area contributed by atoms with Crippen LogP contribution in [0.2, 0.25) is 0 Å². The lowest BCUT2D eigenvalue weighted by Crippen LogP contribution is -2.37. The van der Waals surface area contributed by atoms with Gasteiger partial charge in [-0.2, -0.15) is 0 Å². The molecule has 246 valence electrons. The second-order valence-electron chi connectivity index (χ2n) is 12.3. The van der Waals surface area contributed by atoms with Crippen molar-refractivity contribution >= 4 is 13.8 Å². The molecule has 0 bridgehead atoms. The van der Waals surface area contributed by atoms with Gasteiger partial charge in [-0.15, -0.1) is 0 Å². The molecule has 9 nitrogen and oxygen atoms in total. The van der Waals surface area contributed by atoms with Crippen LogP contribution in [0, 0.1) is 0 Å². The molecule has 0 radical (unpaired) electrons. The van der Waals surface area contributed by atoms with Gasteiger partial charge in [-0.3, -0.25) is 9.36 Å². The number of hydrogen-bond acceptors (Lipinski definition) is 7. The van der Waals surface area contributed by atoms with Crippen LogP contribution in [0.4, 0.5) is 0 Å². The van der Waals surface area contributed by atoms with Crippen LogP contribution in [0.3, 0.4) is 0 Å². The summed E-state index contributed by atoms with van der Waals surface area (Å²) in [5.41, 5.74) is 0. The zero-order chi connectivity index (χ0) is 30.7. The fourth-order valence-corrected chi connectivity index (χ4v) is 5.11. The number of phosphoric acid groups is 1. The van der Waals surface area contributed by atoms with Crippen LogP contribution in [0.15, 0.2) is 0 Å². The van der Waals surface area contributed by atoms with E-state index in [1.807, 2.05) is 21.1 Å². The number of aliphatic carboxylic acids is 1. The number of nitrogens with zero attached hydrogens (tertiary/aromatic N) is 1. The maximum absolute atomic E-state index is 12.1. The van der Waals surface area contributed by atoms with E-state index in [1.165, 1.54) is 89.9 Å². The lowest BCUT2D eigenvalue weighted by Gasteiger charge is -2.28. The predicted molar refractivity (Wildman–Crippen MR) is 164 cm³/mol. The van der Waals surface area contributed by atoms with E-state index in [0.717, 1.165) is 12.8 Å². The first-order chi connectivity index (χ1) is 19.6. The molecule has 0 aliphatic heterocycles. The van der Waals surface area contributed by atoms with Crippen molar-refractivity contribution in [3.8, 4) is 0 Å². The summed E-state index contributed by atoms with van der Waals surface area (Å²) in [4.78, 5) is 22.8. The molecule has 0 heterocycles. The molecule has 0 amide bonds. The molecule has 0 rings (SSSR count). The third-order valence-electron chi connectivity index (χ3n) is 7.01. The molecule has 0 aromatic carbocycles. The molecule has 0 saturated heterocycles. The fraction of sp³-hybridized carbons (Fsp3) is 0.968. The van der Waals surface area contributed by atoms with Crippen molar-refractivity contribution in [2.45, 2.75) is 135 Å². The summed E-state index contributed by atoms with van der Waals surface area (Å²) in [6.07, 6.45) is 21.6. The number of unbranched alkanes of at least 4 members (excludes halogenated alkanes) is 16. The highest BCUT2D eigenvalue weighted by molar-refractivity contribution is 7.45. The van der Waals surface area contributed by atoms with E-state index in [-0.39, 0.29) is 26.2 Å². The first-order valence-electron chi connectivity index (χ1n) is 16.4. The first kappa shape index (κ1) is 40.5. The van der Waals surface area contributed by atoms with Crippen molar-refractivity contribution in [3.05, 3.63) is 0 Å². The molecule has 1 N–H and O–H groups in total. The molecule has 0 spiro atoms. The summed E-state index contributed by atoms with van der Waals surface area (Å²) in [6, 6.07) is 0. The number of ether oxygens (including phenoxy) is 2. The molecule has 0 aromatic heterocycles. The number of rotatable bonds is 32. The van der Waals surface area contributed by atoms with Crippen LogP contribution in [0.5, 0.6) is 0 Å². The fourth-order valence-electron chi connectivity index (χ4n) is 4.38. The average Bonchev–Trinajstić information content (AvgIpc) is 2.89. The van der Waals surface area contributed by atoms with E-state index in [4.69, 9.17) is 23.6 Å². The highest BCUT2D eigenvalue weighted by Gasteiger charge is 2.18. The summed E-state index contributed by atoms with van der Waals surface area (Å²) in [7, 11) is 1.41. The molecule has 0 aliphatic carbocycles. The molecule has 0 saturated carbocycles. The predicted octanol–water partition coefficient (Wildman–Crippen LogP) is 7.11. The Hall–Kier alpha value is -0.540. The minimum absolute atomic E-state index is 0.0424. The molecular formula is C31H64NO8P. The van der Waals surface area contributed by atoms with Gasteiger partial charge < -0.3 is 33.0 Å². The Labute approximate surface area is 251 Å². The Kier molecular flexibility index (Phi) is 26.7. The van der Waals surface area contributed by atoms with Crippen LogP contribution in [-0.2, 0) is 27.9 Å². The Morgan fingerprint density at radius 2 is 1.20 bits per heavy atom. The Balaban J connectivity index is 3.95. The first-order valence-corrected chi connectivity index (χ1v) is 17.8. The highest BCUT2D eigenvalue weighted by Crippen LogP contribution is 2.38. The lowest BCUT2D eigenvalue weighted by atomic mass is 10.0. The number of likely N-dealkylation sites (N-methyl/N-ethyl adjacent to an activating group) is 1. The number of carboxylic acid groups (broad SMARTS) is 1. The van der Waals surface area contributed by atoms with Crippen molar-refractivity contribution in [2.24, 2.45) is 0 Å². The maximum Gasteiger partial charge on any atom is 0.303 e. The molecule has 2 atom stereocenters. The molecule has 1 unspecified atom stereocenters. The van der Waals surface area contributed by atoms with E-state index in [0.29, 0.717) is 37.1 Å². The SMILES string of the molecule is CCCCCCCCCCCCCCCCCCOC[C@H](COP(=O)([O-])OCC[N+](C)(C)C)OCCCCC(=O)O. The second kappa shape index (κ2) is 27.0. The third kappa shape index (κ3) is 32.2. The summed E-state index contributed by atoms with van der Waals surface area (Å²) >= 11 is 0. The maximum atomic E-state index is 12.1. The Morgan fingerprint density at radius 1 is 0.707 bits per heavy atom. The molecule has 10 heteroatoms. The largest absolute Gasteiger partial charge is 0.756 e. The average molecular weight is 610 g/mol. The van der Waals surface area contributed by atoms with Crippen LogP contribution in [-0.4, -0.2) is 82.4 Å². The van der Waals surface area contributed by atoms with Crippen LogP contribution in [0.25, 0.3) is 0 Å². The van der Waals surface area contributed by atoms with Crippen LogP contribution < -0.4 is 4.89 Å². The van der Waals surface area contributed by atoms with Gasteiger partial charge in [-0.05, 0) is 19.3 Å². The van der Waals surface area contributed by atoms with Gasteiger partial charge in [0.25, 0.3) is 7.82 Å². The number of hydrogen-bond donors (Lipinski definition) is 1. The van der Waals surface area contributed by atoms with Gasteiger partial charge >= 0.3 is 5.97 Å². The summed E-state index contributed by atoms with van der Waals surface area (Å²) in [5.74, 6) is -0.842. The van der Waals surface area contributed by atoms with E-state index in [1.54, 1.807) is 0 Å². The molecule has 0 aliphatic rings.